The smallest absolute Gasteiger partial charge is 0.338 e. The van der Waals surface area contributed by atoms with Gasteiger partial charge in [-0.25, -0.2) is 4.79 Å². The van der Waals surface area contributed by atoms with Crippen LogP contribution in [0.4, 0.5) is 5.69 Å². The molecule has 0 radical (unpaired) electrons. The van der Waals surface area contributed by atoms with Gasteiger partial charge < -0.3 is 15.4 Å². The zero-order chi connectivity index (χ0) is 21.6. The minimum atomic E-state index is -0.519. The van der Waals surface area contributed by atoms with Gasteiger partial charge in [0.1, 0.15) is 0 Å². The normalized spacial score (nSPS) is 10.7. The van der Waals surface area contributed by atoms with Gasteiger partial charge in [-0.15, -0.1) is 0 Å². The van der Waals surface area contributed by atoms with E-state index in [2.05, 4.69) is 24.5 Å². The highest BCUT2D eigenvalue weighted by Crippen LogP contribution is 2.25. The Morgan fingerprint density at radius 3 is 2.14 bits per heavy atom. The summed E-state index contributed by atoms with van der Waals surface area (Å²) in [6.45, 7) is 7.85. The Labute approximate surface area is 171 Å². The van der Waals surface area contributed by atoms with Crippen molar-refractivity contribution in [2.75, 3.05) is 19.0 Å². The molecule has 0 spiro atoms. The molecule has 2 aromatic carbocycles. The van der Waals surface area contributed by atoms with E-state index in [9.17, 15) is 14.4 Å². The summed E-state index contributed by atoms with van der Waals surface area (Å²) in [5.41, 5.74) is 3.55. The number of carbonyl (C=O) groups excluding carboxylic acids is 3. The third-order valence-electron chi connectivity index (χ3n) is 4.58. The van der Waals surface area contributed by atoms with Crippen molar-refractivity contribution in [2.24, 2.45) is 0 Å². The molecule has 0 saturated carbocycles. The minimum absolute atomic E-state index is 0.156. The Hall–Kier alpha value is -3.15. The predicted octanol–water partition coefficient (Wildman–Crippen LogP) is 4.09. The van der Waals surface area contributed by atoms with Gasteiger partial charge in [-0.3, -0.25) is 9.59 Å². The first kappa shape index (κ1) is 22.1. The number of esters is 1. The van der Waals surface area contributed by atoms with Gasteiger partial charge in [0, 0.05) is 18.3 Å². The van der Waals surface area contributed by atoms with Gasteiger partial charge >= 0.3 is 5.97 Å². The molecule has 0 aliphatic carbocycles. The van der Waals surface area contributed by atoms with E-state index in [-0.39, 0.29) is 18.4 Å². The summed E-state index contributed by atoms with van der Waals surface area (Å²) in [5, 5.41) is 5.17. The molecule has 154 valence electrons. The summed E-state index contributed by atoms with van der Waals surface area (Å²) < 4.78 is 5.22. The Balaban J connectivity index is 2.00. The second-order valence-electron chi connectivity index (χ2n) is 7.44. The highest BCUT2D eigenvalue weighted by Gasteiger charge is 2.18. The van der Waals surface area contributed by atoms with Crippen LogP contribution in [0.2, 0.25) is 0 Å². The van der Waals surface area contributed by atoms with Crippen LogP contribution >= 0.6 is 0 Å². The van der Waals surface area contributed by atoms with Crippen molar-refractivity contribution in [3.63, 3.8) is 0 Å². The second kappa shape index (κ2) is 9.87. The molecule has 2 amide bonds. The van der Waals surface area contributed by atoms with Gasteiger partial charge in [-0.2, -0.15) is 0 Å². The van der Waals surface area contributed by atoms with Crippen LogP contribution in [-0.2, 0) is 9.53 Å². The molecular formula is C23H28N2O4. The molecule has 6 heteroatoms. The first-order valence-electron chi connectivity index (χ1n) is 9.65. The Morgan fingerprint density at radius 2 is 1.59 bits per heavy atom. The van der Waals surface area contributed by atoms with Crippen LogP contribution < -0.4 is 10.6 Å². The molecule has 0 saturated heterocycles. The van der Waals surface area contributed by atoms with Crippen molar-refractivity contribution in [2.45, 2.75) is 39.5 Å². The highest BCUT2D eigenvalue weighted by atomic mass is 16.5. The number of carbonyl (C=O) groups is 3. The lowest BCUT2D eigenvalue weighted by molar-refractivity contribution is -0.119. The molecule has 0 aromatic heterocycles. The van der Waals surface area contributed by atoms with Gasteiger partial charge in [-0.05, 0) is 53.3 Å². The molecule has 29 heavy (non-hydrogen) atoms. The number of benzene rings is 2. The molecule has 0 aliphatic rings. The third kappa shape index (κ3) is 5.91. The summed E-state index contributed by atoms with van der Waals surface area (Å²) in [7, 11) is 1.55. The van der Waals surface area contributed by atoms with Gasteiger partial charge in [0.05, 0.1) is 5.56 Å². The van der Waals surface area contributed by atoms with Crippen LogP contribution in [0.5, 0.6) is 0 Å². The van der Waals surface area contributed by atoms with E-state index in [1.165, 1.54) is 0 Å². The first-order valence-corrected chi connectivity index (χ1v) is 9.65. The summed E-state index contributed by atoms with van der Waals surface area (Å²) in [6, 6.07) is 12.2. The third-order valence-corrected chi connectivity index (χ3v) is 4.58. The van der Waals surface area contributed by atoms with Gasteiger partial charge in [0.15, 0.2) is 6.61 Å². The number of hydrogen-bond acceptors (Lipinski definition) is 4. The van der Waals surface area contributed by atoms with E-state index in [0.717, 1.165) is 11.1 Å². The Kier molecular flexibility index (Phi) is 7.53. The fraction of sp³-hybridized carbons (Fsp3) is 0.348. The topological polar surface area (TPSA) is 84.5 Å². The van der Waals surface area contributed by atoms with Crippen LogP contribution in [0.25, 0.3) is 0 Å². The fourth-order valence-electron chi connectivity index (χ4n) is 2.86. The average molecular weight is 396 g/mol. The van der Waals surface area contributed by atoms with E-state index >= 15 is 0 Å². The molecule has 2 aromatic rings. The summed E-state index contributed by atoms with van der Waals surface area (Å²) >= 11 is 0. The van der Waals surface area contributed by atoms with Crippen molar-refractivity contribution < 1.29 is 19.1 Å². The molecule has 6 nitrogen and oxygen atoms in total. The predicted molar refractivity (Wildman–Crippen MR) is 113 cm³/mol. The lowest BCUT2D eigenvalue weighted by Gasteiger charge is -2.15. The maximum atomic E-state index is 12.5. The molecule has 0 fully saturated rings. The maximum absolute atomic E-state index is 12.5. The lowest BCUT2D eigenvalue weighted by atomic mass is 9.91. The standard InChI is InChI=1S/C23H28N2O4/c1-14(2)17-8-11-19(20(12-17)15(3)4)23(28)29-13-21(26)25-18-9-6-16(7-10-18)22(27)24-5/h6-12,14-15H,13H2,1-5H3,(H,24,27)(H,25,26). The fourth-order valence-corrected chi connectivity index (χ4v) is 2.86. The number of nitrogens with one attached hydrogen (secondary N) is 2. The minimum Gasteiger partial charge on any atom is -0.452 e. The highest BCUT2D eigenvalue weighted by molar-refractivity contribution is 5.97. The van der Waals surface area contributed by atoms with Crippen LogP contribution in [0.1, 0.15) is 71.4 Å². The zero-order valence-corrected chi connectivity index (χ0v) is 17.5. The van der Waals surface area contributed by atoms with Crippen LogP contribution in [0.3, 0.4) is 0 Å². The van der Waals surface area contributed by atoms with Crippen molar-refractivity contribution in [1.82, 2.24) is 5.32 Å². The maximum Gasteiger partial charge on any atom is 0.338 e. The molecule has 0 unspecified atom stereocenters. The van der Waals surface area contributed by atoms with E-state index < -0.39 is 11.9 Å². The van der Waals surface area contributed by atoms with E-state index in [1.54, 1.807) is 37.4 Å². The van der Waals surface area contributed by atoms with Crippen molar-refractivity contribution in [3.8, 4) is 0 Å². The van der Waals surface area contributed by atoms with Crippen molar-refractivity contribution in [1.29, 1.82) is 0 Å². The summed E-state index contributed by atoms with van der Waals surface area (Å²) in [4.78, 5) is 36.2. The first-order chi connectivity index (χ1) is 13.7. The largest absolute Gasteiger partial charge is 0.452 e. The molecule has 0 heterocycles. The second-order valence-corrected chi connectivity index (χ2v) is 7.44. The van der Waals surface area contributed by atoms with Gasteiger partial charge in [0.25, 0.3) is 11.8 Å². The monoisotopic (exact) mass is 396 g/mol. The molecule has 0 bridgehead atoms. The number of ether oxygens (including phenoxy) is 1. The molecular weight excluding hydrogens is 368 g/mol. The van der Waals surface area contributed by atoms with Crippen LogP contribution in [0.15, 0.2) is 42.5 Å². The molecule has 2 N–H and O–H groups in total. The SMILES string of the molecule is CNC(=O)c1ccc(NC(=O)COC(=O)c2ccc(C(C)C)cc2C(C)C)cc1. The van der Waals surface area contributed by atoms with Crippen LogP contribution in [-0.4, -0.2) is 31.4 Å². The lowest BCUT2D eigenvalue weighted by Crippen LogP contribution is -2.22. The summed E-state index contributed by atoms with van der Waals surface area (Å²) in [5.74, 6) is -0.659. The zero-order valence-electron chi connectivity index (χ0n) is 17.5. The van der Waals surface area contributed by atoms with Crippen molar-refractivity contribution >= 4 is 23.5 Å². The quantitative estimate of drug-likeness (QED) is 0.691. The number of amides is 2. The summed E-state index contributed by atoms with van der Waals surface area (Å²) in [6.07, 6.45) is 0. The van der Waals surface area contributed by atoms with E-state index in [1.807, 2.05) is 26.0 Å². The number of hydrogen-bond donors (Lipinski definition) is 2. The number of anilines is 1. The van der Waals surface area contributed by atoms with Gasteiger partial charge in [0.2, 0.25) is 0 Å². The number of rotatable bonds is 7. The van der Waals surface area contributed by atoms with Gasteiger partial charge in [-0.1, -0.05) is 39.8 Å². The van der Waals surface area contributed by atoms with Crippen LogP contribution in [0, 0.1) is 0 Å². The van der Waals surface area contributed by atoms with E-state index in [0.29, 0.717) is 22.7 Å². The average Bonchev–Trinajstić information content (AvgIpc) is 2.71. The van der Waals surface area contributed by atoms with E-state index in [4.69, 9.17) is 4.74 Å². The molecule has 0 atom stereocenters. The van der Waals surface area contributed by atoms with Crippen molar-refractivity contribution in [3.05, 3.63) is 64.7 Å². The molecule has 0 aliphatic heterocycles. The molecule has 2 rings (SSSR count). The Morgan fingerprint density at radius 1 is 0.931 bits per heavy atom. The Bertz CT molecular complexity index is 886.